The quantitative estimate of drug-likeness (QED) is 0.942. The highest BCUT2D eigenvalue weighted by Crippen LogP contribution is 2.19. The lowest BCUT2D eigenvalue weighted by Crippen LogP contribution is -2.27. The first-order valence-electron chi connectivity index (χ1n) is 6.11. The van der Waals surface area contributed by atoms with Crippen LogP contribution in [0.3, 0.4) is 0 Å². The average Bonchev–Trinajstić information content (AvgIpc) is 2.84. The zero-order valence-electron chi connectivity index (χ0n) is 11.1. The number of nitrogens with one attached hydrogen (secondary N) is 1. The van der Waals surface area contributed by atoms with Gasteiger partial charge in [0.2, 0.25) is 0 Å². The molecule has 0 atom stereocenters. The number of carbonyl (C=O) groups excluding carboxylic acids is 1. The third-order valence-corrected chi connectivity index (χ3v) is 3.25. The molecule has 0 saturated heterocycles. The van der Waals surface area contributed by atoms with Gasteiger partial charge in [0.05, 0.1) is 6.42 Å². The van der Waals surface area contributed by atoms with Gasteiger partial charge < -0.3 is 5.32 Å². The van der Waals surface area contributed by atoms with Crippen LogP contribution >= 0.6 is 11.5 Å². The topological polar surface area (TPSA) is 54.9 Å². The molecular formula is C13H12F3N3OS. The van der Waals surface area contributed by atoms with Crippen molar-refractivity contribution in [3.63, 3.8) is 0 Å². The Hall–Kier alpha value is -1.96. The standard InChI is InChI=1S/C13H12F3N3OS/c1-8-18-11(19-21-8)9-2-4-10(5-3-9)12(20)17-7-6-13(14,15)16/h2-5H,6-7H2,1H3,(H,17,20). The maximum atomic E-state index is 12.0. The van der Waals surface area contributed by atoms with Gasteiger partial charge in [-0.15, -0.1) is 0 Å². The molecule has 8 heteroatoms. The number of carbonyl (C=O) groups is 1. The van der Waals surface area contributed by atoms with Crippen LogP contribution < -0.4 is 5.32 Å². The van der Waals surface area contributed by atoms with Crippen molar-refractivity contribution in [1.82, 2.24) is 14.7 Å². The van der Waals surface area contributed by atoms with E-state index in [1.54, 1.807) is 12.1 Å². The number of alkyl halides is 3. The lowest BCUT2D eigenvalue weighted by Gasteiger charge is -2.08. The van der Waals surface area contributed by atoms with Crippen LogP contribution in [0.15, 0.2) is 24.3 Å². The van der Waals surface area contributed by atoms with E-state index < -0.39 is 25.0 Å². The van der Waals surface area contributed by atoms with E-state index in [0.717, 1.165) is 10.6 Å². The molecule has 0 aliphatic rings. The number of benzene rings is 1. The molecule has 2 rings (SSSR count). The van der Waals surface area contributed by atoms with Gasteiger partial charge in [0.25, 0.3) is 5.91 Å². The molecule has 0 radical (unpaired) electrons. The Morgan fingerprint density at radius 1 is 1.29 bits per heavy atom. The Bertz CT molecular complexity index is 622. The Morgan fingerprint density at radius 3 is 2.48 bits per heavy atom. The molecule has 0 fully saturated rings. The third-order valence-electron chi connectivity index (χ3n) is 2.63. The van der Waals surface area contributed by atoms with Gasteiger partial charge in [-0.25, -0.2) is 4.98 Å². The van der Waals surface area contributed by atoms with E-state index >= 15 is 0 Å². The molecule has 0 bridgehead atoms. The monoisotopic (exact) mass is 315 g/mol. The van der Waals surface area contributed by atoms with Crippen molar-refractivity contribution < 1.29 is 18.0 Å². The van der Waals surface area contributed by atoms with Crippen LogP contribution in [0, 0.1) is 6.92 Å². The fourth-order valence-corrected chi connectivity index (χ4v) is 2.10. The molecule has 0 unspecified atom stereocenters. The predicted octanol–water partition coefficient (Wildman–Crippen LogP) is 3.20. The normalized spacial score (nSPS) is 11.4. The van der Waals surface area contributed by atoms with Crippen molar-refractivity contribution in [2.45, 2.75) is 19.5 Å². The molecular weight excluding hydrogens is 303 g/mol. The molecule has 0 saturated carbocycles. The molecule has 112 valence electrons. The van der Waals surface area contributed by atoms with Crippen molar-refractivity contribution in [1.29, 1.82) is 0 Å². The van der Waals surface area contributed by atoms with Gasteiger partial charge in [0.15, 0.2) is 5.82 Å². The molecule has 1 aromatic carbocycles. The number of aromatic nitrogens is 2. The van der Waals surface area contributed by atoms with E-state index in [-0.39, 0.29) is 0 Å². The SMILES string of the molecule is Cc1nc(-c2ccc(C(=O)NCCC(F)(F)F)cc2)ns1. The second kappa shape index (κ2) is 6.21. The first kappa shape index (κ1) is 15.4. The van der Waals surface area contributed by atoms with Gasteiger partial charge in [-0.1, -0.05) is 12.1 Å². The van der Waals surface area contributed by atoms with Crippen LogP contribution in [-0.2, 0) is 0 Å². The number of halogens is 3. The van der Waals surface area contributed by atoms with Crippen LogP contribution in [0.25, 0.3) is 11.4 Å². The van der Waals surface area contributed by atoms with Crippen LogP contribution in [0.1, 0.15) is 21.8 Å². The number of aryl methyl sites for hydroxylation is 1. The van der Waals surface area contributed by atoms with Gasteiger partial charge in [-0.3, -0.25) is 4.79 Å². The van der Waals surface area contributed by atoms with Crippen LogP contribution in [0.5, 0.6) is 0 Å². The fraction of sp³-hybridized carbons (Fsp3) is 0.308. The molecule has 0 aliphatic heterocycles. The van der Waals surface area contributed by atoms with Crippen molar-refractivity contribution in [2.75, 3.05) is 6.54 Å². The van der Waals surface area contributed by atoms with E-state index in [0.29, 0.717) is 11.4 Å². The summed E-state index contributed by atoms with van der Waals surface area (Å²) >= 11 is 1.28. The molecule has 1 amide bonds. The molecule has 4 nitrogen and oxygen atoms in total. The molecule has 1 N–H and O–H groups in total. The fourth-order valence-electron chi connectivity index (χ4n) is 1.61. The minimum absolute atomic E-state index is 0.299. The molecule has 21 heavy (non-hydrogen) atoms. The summed E-state index contributed by atoms with van der Waals surface area (Å²) in [6.45, 7) is 1.40. The largest absolute Gasteiger partial charge is 0.390 e. The van der Waals surface area contributed by atoms with Crippen molar-refractivity contribution in [3.8, 4) is 11.4 Å². The summed E-state index contributed by atoms with van der Waals surface area (Å²) in [4.78, 5) is 15.9. The highest BCUT2D eigenvalue weighted by molar-refractivity contribution is 7.05. The summed E-state index contributed by atoms with van der Waals surface area (Å²) in [7, 11) is 0. The van der Waals surface area contributed by atoms with Gasteiger partial charge in [-0.2, -0.15) is 17.5 Å². The number of nitrogens with zero attached hydrogens (tertiary/aromatic N) is 2. The number of amides is 1. The zero-order valence-corrected chi connectivity index (χ0v) is 11.9. The summed E-state index contributed by atoms with van der Waals surface area (Å²) in [5.41, 5.74) is 1.05. The number of rotatable bonds is 4. The lowest BCUT2D eigenvalue weighted by atomic mass is 10.1. The van der Waals surface area contributed by atoms with Gasteiger partial charge >= 0.3 is 6.18 Å². The zero-order chi connectivity index (χ0) is 15.5. The summed E-state index contributed by atoms with van der Waals surface area (Å²) in [5, 5.41) is 3.06. The average molecular weight is 315 g/mol. The molecule has 2 aromatic rings. The van der Waals surface area contributed by atoms with E-state index in [1.165, 1.54) is 23.7 Å². The summed E-state index contributed by atoms with van der Waals surface area (Å²) in [6.07, 6.45) is -5.32. The van der Waals surface area contributed by atoms with Crippen LogP contribution in [0.2, 0.25) is 0 Å². The van der Waals surface area contributed by atoms with Gasteiger partial charge in [0.1, 0.15) is 5.01 Å². The maximum absolute atomic E-state index is 12.0. The van der Waals surface area contributed by atoms with Gasteiger partial charge in [-0.05, 0) is 30.6 Å². The second-order valence-electron chi connectivity index (χ2n) is 4.34. The highest BCUT2D eigenvalue weighted by Gasteiger charge is 2.26. The first-order valence-corrected chi connectivity index (χ1v) is 6.88. The second-order valence-corrected chi connectivity index (χ2v) is 5.29. The lowest BCUT2D eigenvalue weighted by molar-refractivity contribution is -0.132. The molecule has 0 aliphatic carbocycles. The molecule has 1 aromatic heterocycles. The van der Waals surface area contributed by atoms with Crippen molar-refractivity contribution >= 4 is 17.4 Å². The Morgan fingerprint density at radius 2 is 1.95 bits per heavy atom. The Labute approximate surface area is 123 Å². The minimum atomic E-state index is -4.27. The predicted molar refractivity (Wildman–Crippen MR) is 73.1 cm³/mol. The van der Waals surface area contributed by atoms with E-state index in [9.17, 15) is 18.0 Å². The summed E-state index contributed by atoms with van der Waals surface area (Å²) < 4.78 is 40.1. The Kier molecular flexibility index (Phi) is 4.56. The van der Waals surface area contributed by atoms with E-state index in [1.807, 2.05) is 6.92 Å². The first-order chi connectivity index (χ1) is 9.85. The summed E-state index contributed by atoms with van der Waals surface area (Å²) in [6, 6.07) is 6.41. The van der Waals surface area contributed by atoms with E-state index in [2.05, 4.69) is 14.7 Å². The smallest absolute Gasteiger partial charge is 0.352 e. The molecule has 1 heterocycles. The number of hydrogen-bond acceptors (Lipinski definition) is 4. The van der Waals surface area contributed by atoms with E-state index in [4.69, 9.17) is 0 Å². The van der Waals surface area contributed by atoms with Crippen molar-refractivity contribution in [3.05, 3.63) is 34.8 Å². The van der Waals surface area contributed by atoms with Crippen LogP contribution in [0.4, 0.5) is 13.2 Å². The summed E-state index contributed by atoms with van der Waals surface area (Å²) in [5.74, 6) is 0.0368. The number of hydrogen-bond donors (Lipinski definition) is 1. The van der Waals surface area contributed by atoms with Gasteiger partial charge in [0, 0.05) is 17.7 Å². The maximum Gasteiger partial charge on any atom is 0.390 e. The van der Waals surface area contributed by atoms with Crippen molar-refractivity contribution in [2.24, 2.45) is 0 Å². The van der Waals surface area contributed by atoms with Crippen LogP contribution in [-0.4, -0.2) is 28.0 Å². The Balaban J connectivity index is 1.97. The third kappa shape index (κ3) is 4.52. The minimum Gasteiger partial charge on any atom is -0.352 e. The molecule has 0 spiro atoms. The highest BCUT2D eigenvalue weighted by atomic mass is 32.1.